The first-order valence-corrected chi connectivity index (χ1v) is 33.7. The van der Waals surface area contributed by atoms with E-state index in [9.17, 15) is 19.0 Å². The van der Waals surface area contributed by atoms with Crippen molar-refractivity contribution in [1.82, 2.24) is 0 Å². The predicted molar refractivity (Wildman–Crippen MR) is 312 cm³/mol. The average Bonchev–Trinajstić information content (AvgIpc) is 3.38. The van der Waals surface area contributed by atoms with Gasteiger partial charge < -0.3 is 20.1 Å². The fourth-order valence-electron chi connectivity index (χ4n) is 9.87. The Morgan fingerprint density at radius 3 is 0.973 bits per heavy atom. The highest BCUT2D eigenvalue weighted by molar-refractivity contribution is 7.47. The van der Waals surface area contributed by atoms with Crippen LogP contribution in [0.4, 0.5) is 0 Å². The van der Waals surface area contributed by atoms with Gasteiger partial charge in [0, 0.05) is 19.4 Å². The molecule has 0 aromatic carbocycles. The monoisotopic (exact) mass is 1050 g/mol. The number of carbonyl (C=O) groups is 2. The fraction of sp³-hybridized carbons (Fsp3) is 0.937. The zero-order chi connectivity index (χ0) is 53.1. The molecule has 0 amide bonds. The summed E-state index contributed by atoms with van der Waals surface area (Å²) in [6, 6.07) is 0. The molecule has 0 aliphatic rings. The Hall–Kier alpha value is -1.25. The predicted octanol–water partition coefficient (Wildman–Crippen LogP) is 20.4. The van der Waals surface area contributed by atoms with E-state index in [0.717, 1.165) is 32.1 Å². The Balaban J connectivity index is 3.78. The summed E-state index contributed by atoms with van der Waals surface area (Å²) >= 11 is 0. The minimum Gasteiger partial charge on any atom is -0.462 e. The molecule has 0 aliphatic carbocycles. The highest BCUT2D eigenvalue weighted by atomic mass is 31.2. The van der Waals surface area contributed by atoms with Crippen LogP contribution in [0, 0.1) is 0 Å². The second-order valence-electron chi connectivity index (χ2n) is 22.0. The third kappa shape index (κ3) is 59.8. The average molecular weight is 1050 g/mol. The molecule has 0 aromatic heterocycles. The molecule has 2 unspecified atom stereocenters. The first-order chi connectivity index (χ1) is 35.8. The summed E-state index contributed by atoms with van der Waals surface area (Å²) in [5.74, 6) is -0.803. The molecule has 0 fully saturated rings. The van der Waals surface area contributed by atoms with Crippen molar-refractivity contribution >= 4 is 19.8 Å². The normalized spacial score (nSPS) is 13.0. The summed E-state index contributed by atoms with van der Waals surface area (Å²) in [7, 11) is -4.38. The van der Waals surface area contributed by atoms with Crippen LogP contribution in [0.2, 0.25) is 0 Å². The maximum Gasteiger partial charge on any atom is 0.472 e. The van der Waals surface area contributed by atoms with E-state index in [1.165, 1.54) is 283 Å². The molecule has 9 nitrogen and oxygen atoms in total. The summed E-state index contributed by atoms with van der Waals surface area (Å²) < 4.78 is 33.1. The summed E-state index contributed by atoms with van der Waals surface area (Å²) in [6.45, 7) is 3.82. The number of nitrogens with two attached hydrogens (primary N) is 1. The van der Waals surface area contributed by atoms with Crippen LogP contribution >= 0.6 is 7.82 Å². The van der Waals surface area contributed by atoms with Gasteiger partial charge in [0.15, 0.2) is 6.10 Å². The number of phosphoric acid groups is 1. The number of carbonyl (C=O) groups excluding carboxylic acids is 2. The van der Waals surface area contributed by atoms with Crippen molar-refractivity contribution in [3.63, 3.8) is 0 Å². The maximum atomic E-state index is 12.7. The minimum absolute atomic E-state index is 0.0578. The van der Waals surface area contributed by atoms with E-state index in [-0.39, 0.29) is 38.6 Å². The molecular weight excluding hydrogens is 930 g/mol. The molecule has 2 atom stereocenters. The van der Waals surface area contributed by atoms with Crippen LogP contribution in [-0.2, 0) is 32.7 Å². The zero-order valence-electron chi connectivity index (χ0n) is 48.7. The summed E-state index contributed by atoms with van der Waals surface area (Å²) in [6.07, 6.45) is 70.2. The second-order valence-corrected chi connectivity index (χ2v) is 23.4. The van der Waals surface area contributed by atoms with Crippen molar-refractivity contribution in [2.24, 2.45) is 5.73 Å². The molecule has 3 N–H and O–H groups in total. The summed E-state index contributed by atoms with van der Waals surface area (Å²) in [5, 5.41) is 0. The van der Waals surface area contributed by atoms with Crippen molar-refractivity contribution in [3.05, 3.63) is 12.2 Å². The SMILES string of the molecule is CCCCCCCCCC/C=C\CCCCCCCCCCCCCCCCCCCCCCCCCC(=O)OC(COC(=O)CCCCCCCCCCCCCCCCCCC)COP(=O)(O)OCCN. The van der Waals surface area contributed by atoms with Gasteiger partial charge in [-0.15, -0.1) is 0 Å². The standard InChI is InChI=1S/C63H124NO8P/c1-3-5-7-9-11-13-15-17-19-21-22-23-24-25-26-27-28-29-30-31-32-33-34-35-36-37-38-40-42-44-46-48-50-52-54-56-63(66)72-61(60-71-73(67,68)70-58-57-64)59-69-62(65)55-53-51-49-47-45-43-41-39-20-18-16-14-12-10-8-6-4-2/h21-22,61H,3-20,23-60,64H2,1-2H3,(H,67,68)/b22-21-. The Kier molecular flexibility index (Phi) is 59.0. The third-order valence-corrected chi connectivity index (χ3v) is 15.6. The molecule has 434 valence electrons. The van der Waals surface area contributed by atoms with Gasteiger partial charge in [0.1, 0.15) is 6.61 Å². The lowest BCUT2D eigenvalue weighted by Crippen LogP contribution is -2.29. The van der Waals surface area contributed by atoms with Crippen molar-refractivity contribution in [2.75, 3.05) is 26.4 Å². The van der Waals surface area contributed by atoms with Crippen LogP contribution in [0.3, 0.4) is 0 Å². The van der Waals surface area contributed by atoms with E-state index in [4.69, 9.17) is 24.3 Å². The third-order valence-electron chi connectivity index (χ3n) is 14.7. The number of rotatable bonds is 62. The molecule has 0 saturated heterocycles. The Morgan fingerprint density at radius 2 is 0.671 bits per heavy atom. The van der Waals surface area contributed by atoms with Gasteiger partial charge in [0.05, 0.1) is 13.2 Å². The van der Waals surface area contributed by atoms with Crippen LogP contribution in [0.5, 0.6) is 0 Å². The van der Waals surface area contributed by atoms with E-state index >= 15 is 0 Å². The van der Waals surface area contributed by atoms with Crippen LogP contribution in [0.1, 0.15) is 348 Å². The molecule has 0 rings (SSSR count). The smallest absolute Gasteiger partial charge is 0.462 e. The van der Waals surface area contributed by atoms with Gasteiger partial charge in [-0.05, 0) is 38.5 Å². The lowest BCUT2D eigenvalue weighted by atomic mass is 10.0. The Labute approximate surface area is 453 Å². The van der Waals surface area contributed by atoms with E-state index in [0.29, 0.717) is 6.42 Å². The topological polar surface area (TPSA) is 134 Å². The van der Waals surface area contributed by atoms with E-state index < -0.39 is 26.5 Å². The highest BCUT2D eigenvalue weighted by Gasteiger charge is 2.26. The van der Waals surface area contributed by atoms with Gasteiger partial charge in [-0.3, -0.25) is 18.6 Å². The number of allylic oxidation sites excluding steroid dienone is 2. The van der Waals surface area contributed by atoms with Gasteiger partial charge in [-0.1, -0.05) is 309 Å². The van der Waals surface area contributed by atoms with Crippen molar-refractivity contribution < 1.29 is 37.6 Å². The fourth-order valence-corrected chi connectivity index (χ4v) is 10.6. The molecule has 73 heavy (non-hydrogen) atoms. The largest absolute Gasteiger partial charge is 0.472 e. The molecular formula is C63H124NO8P. The molecule has 0 radical (unpaired) electrons. The minimum atomic E-state index is -4.38. The number of hydrogen-bond acceptors (Lipinski definition) is 8. The van der Waals surface area contributed by atoms with Crippen molar-refractivity contribution in [3.8, 4) is 0 Å². The first-order valence-electron chi connectivity index (χ1n) is 32.2. The van der Waals surface area contributed by atoms with Gasteiger partial charge >= 0.3 is 19.8 Å². The van der Waals surface area contributed by atoms with Crippen LogP contribution in [0.15, 0.2) is 12.2 Å². The molecule has 0 heterocycles. The number of esters is 2. The highest BCUT2D eigenvalue weighted by Crippen LogP contribution is 2.43. The molecule has 0 aliphatic heterocycles. The molecule has 0 saturated carbocycles. The van der Waals surface area contributed by atoms with Gasteiger partial charge in [-0.2, -0.15) is 0 Å². The van der Waals surface area contributed by atoms with Crippen LogP contribution in [-0.4, -0.2) is 49.3 Å². The van der Waals surface area contributed by atoms with Gasteiger partial charge in [0.25, 0.3) is 0 Å². The number of phosphoric ester groups is 1. The summed E-state index contributed by atoms with van der Waals surface area (Å²) in [4.78, 5) is 35.2. The van der Waals surface area contributed by atoms with E-state index in [1.807, 2.05) is 0 Å². The van der Waals surface area contributed by atoms with E-state index in [2.05, 4.69) is 26.0 Å². The second kappa shape index (κ2) is 60.0. The van der Waals surface area contributed by atoms with Crippen molar-refractivity contribution in [2.45, 2.75) is 354 Å². The number of unbranched alkanes of at least 4 members (excludes halogenated alkanes) is 47. The first kappa shape index (κ1) is 71.8. The zero-order valence-corrected chi connectivity index (χ0v) is 49.6. The Bertz CT molecular complexity index is 1200. The lowest BCUT2D eigenvalue weighted by molar-refractivity contribution is -0.161. The van der Waals surface area contributed by atoms with Crippen LogP contribution < -0.4 is 5.73 Å². The maximum absolute atomic E-state index is 12.7. The van der Waals surface area contributed by atoms with Crippen LogP contribution in [0.25, 0.3) is 0 Å². The molecule has 0 spiro atoms. The summed E-state index contributed by atoms with van der Waals surface area (Å²) in [5.41, 5.74) is 5.39. The number of hydrogen-bond donors (Lipinski definition) is 2. The lowest BCUT2D eigenvalue weighted by Gasteiger charge is -2.19. The van der Waals surface area contributed by atoms with Crippen molar-refractivity contribution in [1.29, 1.82) is 0 Å². The Morgan fingerprint density at radius 1 is 0.397 bits per heavy atom. The number of ether oxygens (including phenoxy) is 2. The molecule has 10 heteroatoms. The van der Waals surface area contributed by atoms with Gasteiger partial charge in [0.2, 0.25) is 0 Å². The van der Waals surface area contributed by atoms with Gasteiger partial charge in [-0.25, -0.2) is 4.57 Å². The molecule has 0 aromatic rings. The molecule has 0 bridgehead atoms. The van der Waals surface area contributed by atoms with E-state index in [1.54, 1.807) is 0 Å². The quantitative estimate of drug-likeness (QED) is 0.0264.